The van der Waals surface area contributed by atoms with E-state index in [0.29, 0.717) is 18.6 Å². The molecule has 10 heteroatoms. The van der Waals surface area contributed by atoms with Crippen molar-refractivity contribution in [1.82, 2.24) is 9.55 Å². The van der Waals surface area contributed by atoms with Gasteiger partial charge in [0.2, 0.25) is 0 Å². The van der Waals surface area contributed by atoms with Gasteiger partial charge in [-0.15, -0.1) is 0 Å². The van der Waals surface area contributed by atoms with E-state index in [4.69, 9.17) is 14.7 Å². The third kappa shape index (κ3) is 4.32. The summed E-state index contributed by atoms with van der Waals surface area (Å²) >= 11 is 0. The van der Waals surface area contributed by atoms with Gasteiger partial charge >= 0.3 is 5.69 Å². The number of azide groups is 1. The van der Waals surface area contributed by atoms with Gasteiger partial charge in [-0.2, -0.15) is 0 Å². The molecular weight excluding hydrogens is 318 g/mol. The molecule has 1 aromatic rings. The fourth-order valence-corrected chi connectivity index (χ4v) is 3.02. The van der Waals surface area contributed by atoms with Gasteiger partial charge in [-0.3, -0.25) is 14.3 Å². The monoisotopic (exact) mass is 339 g/mol. The summed E-state index contributed by atoms with van der Waals surface area (Å²) in [7, 11) is -1.74. The predicted octanol–water partition coefficient (Wildman–Crippen LogP) is 1.66. The Morgan fingerprint density at radius 2 is 2.22 bits per heavy atom. The Bertz CT molecular complexity index is 731. The van der Waals surface area contributed by atoms with Crippen LogP contribution in [0.25, 0.3) is 10.4 Å². The number of H-pyrrole nitrogens is 1. The van der Waals surface area contributed by atoms with E-state index in [1.54, 1.807) is 6.92 Å². The molecule has 0 amide bonds. The summed E-state index contributed by atoms with van der Waals surface area (Å²) in [4.78, 5) is 28.5. The Morgan fingerprint density at radius 1 is 1.52 bits per heavy atom. The maximum absolute atomic E-state index is 12.0. The van der Waals surface area contributed by atoms with Gasteiger partial charge in [0.25, 0.3) is 5.56 Å². The average Bonchev–Trinajstić information content (AvgIpc) is 2.83. The maximum atomic E-state index is 12.0. The van der Waals surface area contributed by atoms with Crippen LogP contribution in [0.15, 0.2) is 20.9 Å². The Morgan fingerprint density at radius 3 is 2.83 bits per heavy atom. The van der Waals surface area contributed by atoms with Gasteiger partial charge in [-0.1, -0.05) is 5.11 Å². The van der Waals surface area contributed by atoms with Crippen LogP contribution in [-0.4, -0.2) is 36.6 Å². The lowest BCUT2D eigenvalue weighted by Crippen LogP contribution is -2.35. The first-order valence-electron chi connectivity index (χ1n) is 7.37. The molecule has 1 saturated heterocycles. The van der Waals surface area contributed by atoms with E-state index in [1.165, 1.54) is 10.8 Å². The van der Waals surface area contributed by atoms with Gasteiger partial charge in [0, 0.05) is 23.1 Å². The molecule has 0 bridgehead atoms. The molecule has 0 unspecified atom stereocenters. The number of aryl methyl sites for hydroxylation is 1. The molecule has 1 N–H and O–H groups in total. The smallest absolute Gasteiger partial charge is 0.330 e. The molecule has 0 saturated carbocycles. The van der Waals surface area contributed by atoms with E-state index < -0.39 is 37.9 Å². The van der Waals surface area contributed by atoms with Gasteiger partial charge < -0.3 is 9.16 Å². The van der Waals surface area contributed by atoms with Gasteiger partial charge in [0.15, 0.2) is 8.32 Å². The molecule has 126 valence electrons. The van der Waals surface area contributed by atoms with Crippen LogP contribution in [0.2, 0.25) is 19.6 Å². The Hall–Kier alpha value is -1.87. The zero-order chi connectivity index (χ0) is 17.2. The van der Waals surface area contributed by atoms with Crippen molar-refractivity contribution < 1.29 is 9.16 Å². The van der Waals surface area contributed by atoms with E-state index in [9.17, 15) is 9.59 Å². The minimum absolute atomic E-state index is 0.312. The number of aromatic nitrogens is 2. The predicted molar refractivity (Wildman–Crippen MR) is 86.8 cm³/mol. The molecule has 1 aliphatic heterocycles. The molecule has 1 fully saturated rings. The number of nitrogens with one attached hydrogen (secondary N) is 1. The topological polar surface area (TPSA) is 122 Å². The van der Waals surface area contributed by atoms with Crippen LogP contribution in [-0.2, 0) is 9.16 Å². The van der Waals surface area contributed by atoms with Crippen molar-refractivity contribution in [3.63, 3.8) is 0 Å². The Kier molecular flexibility index (Phi) is 5.10. The number of hydrogen-bond donors (Lipinski definition) is 1. The van der Waals surface area contributed by atoms with Gasteiger partial charge in [-0.25, -0.2) is 4.79 Å². The number of aromatic amines is 1. The fourth-order valence-electron chi connectivity index (χ4n) is 2.36. The van der Waals surface area contributed by atoms with Crippen molar-refractivity contribution in [3.05, 3.63) is 43.0 Å². The van der Waals surface area contributed by atoms with Crippen molar-refractivity contribution in [2.45, 2.75) is 51.4 Å². The zero-order valence-corrected chi connectivity index (χ0v) is 14.6. The highest BCUT2D eigenvalue weighted by Crippen LogP contribution is 2.30. The molecule has 1 aliphatic rings. The summed E-state index contributed by atoms with van der Waals surface area (Å²) in [5.41, 5.74) is 8.17. The number of hydrogen-bond acceptors (Lipinski definition) is 5. The Balaban J connectivity index is 2.23. The molecule has 0 spiro atoms. The van der Waals surface area contributed by atoms with Crippen LogP contribution >= 0.6 is 0 Å². The van der Waals surface area contributed by atoms with Gasteiger partial charge in [-0.05, 0) is 32.1 Å². The molecule has 9 nitrogen and oxygen atoms in total. The fraction of sp³-hybridized carbons (Fsp3) is 0.692. The van der Waals surface area contributed by atoms with Crippen molar-refractivity contribution in [3.8, 4) is 0 Å². The van der Waals surface area contributed by atoms with Crippen molar-refractivity contribution in [1.29, 1.82) is 0 Å². The first-order chi connectivity index (χ1) is 10.7. The standard InChI is InChI=1S/C13H21N5O4Si/c1-8-6-18(13(20)15-12(8)19)11-5-9(16-17-14)10(22-11)7-21-23(2,3)4/h6,9-11H,5,7H2,1-4H3,(H,15,19,20)/t9-,10+,11+/m0/s1. The molecule has 3 atom stereocenters. The van der Waals surface area contributed by atoms with Gasteiger partial charge in [0.05, 0.1) is 18.8 Å². The first kappa shape index (κ1) is 17.5. The van der Waals surface area contributed by atoms with Crippen molar-refractivity contribution in [2.75, 3.05) is 6.61 Å². The van der Waals surface area contributed by atoms with Crippen LogP contribution in [0.1, 0.15) is 18.2 Å². The van der Waals surface area contributed by atoms with Crippen LogP contribution in [0.5, 0.6) is 0 Å². The summed E-state index contributed by atoms with van der Waals surface area (Å²) < 4.78 is 13.0. The summed E-state index contributed by atoms with van der Waals surface area (Å²) in [6.07, 6.45) is 0.807. The minimum atomic E-state index is -1.74. The lowest BCUT2D eigenvalue weighted by atomic mass is 10.1. The van der Waals surface area contributed by atoms with Crippen LogP contribution < -0.4 is 11.2 Å². The molecule has 2 rings (SSSR count). The number of rotatable bonds is 5. The van der Waals surface area contributed by atoms with Crippen molar-refractivity contribution >= 4 is 8.32 Å². The van der Waals surface area contributed by atoms with Crippen LogP contribution in [0.3, 0.4) is 0 Å². The maximum Gasteiger partial charge on any atom is 0.330 e. The van der Waals surface area contributed by atoms with Crippen molar-refractivity contribution in [2.24, 2.45) is 5.11 Å². The van der Waals surface area contributed by atoms with E-state index in [1.807, 2.05) is 0 Å². The van der Waals surface area contributed by atoms with E-state index in [2.05, 4.69) is 34.7 Å². The van der Waals surface area contributed by atoms with E-state index >= 15 is 0 Å². The second kappa shape index (κ2) is 6.71. The SMILES string of the molecule is Cc1cn([C@H]2C[C@H](N=[N+]=[N-])[C@@H](CO[Si](C)(C)C)O2)c(=O)[nH]c1=O. The highest BCUT2D eigenvalue weighted by atomic mass is 28.4. The number of ether oxygens (including phenoxy) is 1. The molecule has 1 aromatic heterocycles. The molecule has 0 aliphatic carbocycles. The van der Waals surface area contributed by atoms with Crippen LogP contribution in [0, 0.1) is 6.92 Å². The second-order valence-electron chi connectivity index (χ2n) is 6.54. The lowest BCUT2D eigenvalue weighted by molar-refractivity contribution is -0.0237. The summed E-state index contributed by atoms with van der Waals surface area (Å²) in [6, 6.07) is -0.416. The highest BCUT2D eigenvalue weighted by molar-refractivity contribution is 6.69. The second-order valence-corrected chi connectivity index (χ2v) is 11.1. The minimum Gasteiger partial charge on any atom is -0.415 e. The molecule has 0 aromatic carbocycles. The normalized spacial score (nSPS) is 24.4. The molecule has 23 heavy (non-hydrogen) atoms. The average molecular weight is 339 g/mol. The quantitative estimate of drug-likeness (QED) is 0.379. The summed E-state index contributed by atoms with van der Waals surface area (Å²) in [5, 5.41) is 3.75. The van der Waals surface area contributed by atoms with Gasteiger partial charge in [0.1, 0.15) is 6.23 Å². The Labute approximate surface area is 134 Å². The van der Waals surface area contributed by atoms with E-state index in [-0.39, 0.29) is 0 Å². The lowest BCUT2D eigenvalue weighted by Gasteiger charge is -2.22. The molecular formula is C13H21N5O4Si. The summed E-state index contributed by atoms with van der Waals surface area (Å²) in [6.45, 7) is 8.08. The number of nitrogens with zero attached hydrogens (tertiary/aromatic N) is 4. The largest absolute Gasteiger partial charge is 0.415 e. The first-order valence-corrected chi connectivity index (χ1v) is 10.8. The highest BCUT2D eigenvalue weighted by Gasteiger charge is 2.37. The third-order valence-corrected chi connectivity index (χ3v) is 4.57. The molecule has 0 radical (unpaired) electrons. The molecule has 2 heterocycles. The third-order valence-electron chi connectivity index (χ3n) is 3.54. The van der Waals surface area contributed by atoms with E-state index in [0.717, 1.165) is 0 Å². The van der Waals surface area contributed by atoms with Crippen LogP contribution in [0.4, 0.5) is 0 Å². The zero-order valence-electron chi connectivity index (χ0n) is 13.6. The summed E-state index contributed by atoms with van der Waals surface area (Å²) in [5.74, 6) is 0.